The van der Waals surface area contributed by atoms with E-state index < -0.39 is 5.82 Å². The molecule has 94 valence electrons. The van der Waals surface area contributed by atoms with E-state index in [-0.39, 0.29) is 16.8 Å². The third-order valence-electron chi connectivity index (χ3n) is 2.05. The molecular weight excluding hydrogens is 346 g/mol. The molecule has 1 aromatic heterocycles. The van der Waals surface area contributed by atoms with Crippen LogP contribution in [-0.4, -0.2) is 9.97 Å². The summed E-state index contributed by atoms with van der Waals surface area (Å²) >= 11 is 15.2. The molecule has 0 atom stereocenters. The summed E-state index contributed by atoms with van der Waals surface area (Å²) in [7, 11) is 0. The first-order valence-corrected chi connectivity index (χ1v) is 6.22. The fourth-order valence-corrected chi connectivity index (χ4v) is 2.04. The minimum atomic E-state index is -0.640. The van der Waals surface area contributed by atoms with Crippen LogP contribution >= 0.6 is 39.1 Å². The number of benzene rings is 1. The molecule has 0 radical (unpaired) electrons. The van der Waals surface area contributed by atoms with Gasteiger partial charge in [0.25, 0.3) is 0 Å². The number of rotatable bonds is 2. The topological polar surface area (TPSA) is 63.8 Å². The SMILES string of the molecule is Nc1ncc(F)c(Nc2ccc(Br)c(Cl)c2Cl)n1. The highest BCUT2D eigenvalue weighted by Crippen LogP contribution is 2.37. The second-order valence-corrected chi connectivity index (χ2v) is 4.88. The maximum absolute atomic E-state index is 13.4. The van der Waals surface area contributed by atoms with Crippen LogP contribution in [0.5, 0.6) is 0 Å². The molecule has 0 bridgehead atoms. The first kappa shape index (κ1) is 13.3. The van der Waals surface area contributed by atoms with Crippen molar-refractivity contribution < 1.29 is 4.39 Å². The third kappa shape index (κ3) is 2.66. The van der Waals surface area contributed by atoms with Gasteiger partial charge in [-0.3, -0.25) is 0 Å². The molecule has 0 aliphatic heterocycles. The largest absolute Gasteiger partial charge is 0.368 e. The van der Waals surface area contributed by atoms with E-state index in [9.17, 15) is 4.39 Å². The van der Waals surface area contributed by atoms with Gasteiger partial charge < -0.3 is 11.1 Å². The Morgan fingerprint density at radius 2 is 2.00 bits per heavy atom. The second kappa shape index (κ2) is 5.26. The van der Waals surface area contributed by atoms with Gasteiger partial charge in [0.2, 0.25) is 5.95 Å². The van der Waals surface area contributed by atoms with Crippen molar-refractivity contribution in [2.75, 3.05) is 11.1 Å². The Morgan fingerprint density at radius 3 is 2.72 bits per heavy atom. The van der Waals surface area contributed by atoms with Crippen LogP contribution in [0.4, 0.5) is 21.8 Å². The number of aromatic nitrogens is 2. The van der Waals surface area contributed by atoms with Crippen LogP contribution in [0.1, 0.15) is 0 Å². The maximum atomic E-state index is 13.4. The molecule has 1 heterocycles. The minimum Gasteiger partial charge on any atom is -0.368 e. The smallest absolute Gasteiger partial charge is 0.222 e. The van der Waals surface area contributed by atoms with Crippen LogP contribution in [0.15, 0.2) is 22.8 Å². The number of nitrogens with zero attached hydrogens (tertiary/aromatic N) is 2. The molecule has 0 aliphatic carbocycles. The van der Waals surface area contributed by atoms with Crippen LogP contribution in [0.25, 0.3) is 0 Å². The number of halogens is 4. The molecular formula is C10H6BrCl2FN4. The van der Waals surface area contributed by atoms with E-state index in [2.05, 4.69) is 31.2 Å². The van der Waals surface area contributed by atoms with Gasteiger partial charge in [0, 0.05) is 4.47 Å². The van der Waals surface area contributed by atoms with Gasteiger partial charge in [0.15, 0.2) is 11.6 Å². The summed E-state index contributed by atoms with van der Waals surface area (Å²) in [6.45, 7) is 0. The predicted octanol–water partition coefficient (Wildman–Crippen LogP) is 4.01. The quantitative estimate of drug-likeness (QED) is 0.802. The van der Waals surface area contributed by atoms with Crippen LogP contribution in [0.3, 0.4) is 0 Å². The molecule has 0 saturated heterocycles. The lowest BCUT2D eigenvalue weighted by Gasteiger charge is -2.10. The molecule has 0 fully saturated rings. The van der Waals surface area contributed by atoms with Crippen LogP contribution in [-0.2, 0) is 0 Å². The molecule has 8 heteroatoms. The van der Waals surface area contributed by atoms with Crippen molar-refractivity contribution in [2.45, 2.75) is 0 Å². The molecule has 2 aromatic rings. The zero-order chi connectivity index (χ0) is 13.3. The van der Waals surface area contributed by atoms with Gasteiger partial charge in [-0.2, -0.15) is 4.98 Å². The molecule has 0 unspecified atom stereocenters. The van der Waals surface area contributed by atoms with Crippen molar-refractivity contribution in [3.05, 3.63) is 38.7 Å². The first-order chi connectivity index (χ1) is 8.49. The zero-order valence-electron chi connectivity index (χ0n) is 8.72. The number of nitrogens with two attached hydrogens (primary N) is 1. The fourth-order valence-electron chi connectivity index (χ4n) is 1.22. The van der Waals surface area contributed by atoms with Gasteiger partial charge in [-0.1, -0.05) is 23.2 Å². The van der Waals surface area contributed by atoms with Gasteiger partial charge in [0.1, 0.15) is 0 Å². The summed E-state index contributed by atoms with van der Waals surface area (Å²) in [5.41, 5.74) is 5.80. The number of hydrogen-bond acceptors (Lipinski definition) is 4. The fraction of sp³-hybridized carbons (Fsp3) is 0. The third-order valence-corrected chi connectivity index (χ3v) is 3.82. The van der Waals surface area contributed by atoms with Crippen molar-refractivity contribution in [3.8, 4) is 0 Å². The molecule has 4 nitrogen and oxygen atoms in total. The van der Waals surface area contributed by atoms with Gasteiger partial charge in [-0.05, 0) is 28.1 Å². The highest BCUT2D eigenvalue weighted by molar-refractivity contribution is 9.10. The Hall–Kier alpha value is -1.11. The minimum absolute atomic E-state index is 0.0433. The Kier molecular flexibility index (Phi) is 3.89. The maximum Gasteiger partial charge on any atom is 0.222 e. The zero-order valence-corrected chi connectivity index (χ0v) is 11.8. The van der Waals surface area contributed by atoms with Crippen molar-refractivity contribution in [1.29, 1.82) is 0 Å². The number of nitrogen functional groups attached to an aromatic ring is 1. The number of hydrogen-bond donors (Lipinski definition) is 2. The van der Waals surface area contributed by atoms with E-state index >= 15 is 0 Å². The summed E-state index contributed by atoms with van der Waals surface area (Å²) in [5, 5.41) is 3.28. The average molecular weight is 352 g/mol. The van der Waals surface area contributed by atoms with E-state index in [1.807, 2.05) is 0 Å². The van der Waals surface area contributed by atoms with E-state index in [0.717, 1.165) is 6.20 Å². The molecule has 18 heavy (non-hydrogen) atoms. The second-order valence-electron chi connectivity index (χ2n) is 3.27. The van der Waals surface area contributed by atoms with E-state index in [0.29, 0.717) is 15.2 Å². The van der Waals surface area contributed by atoms with Crippen molar-refractivity contribution >= 4 is 56.6 Å². The lowest BCUT2D eigenvalue weighted by molar-refractivity contribution is 0.620. The summed E-state index contributed by atoms with van der Waals surface area (Å²) in [4.78, 5) is 7.25. The summed E-state index contributed by atoms with van der Waals surface area (Å²) < 4.78 is 14.1. The van der Waals surface area contributed by atoms with E-state index in [1.165, 1.54) is 0 Å². The molecule has 1 aromatic carbocycles. The van der Waals surface area contributed by atoms with Crippen LogP contribution in [0, 0.1) is 5.82 Å². The Balaban J connectivity index is 2.40. The van der Waals surface area contributed by atoms with Gasteiger partial charge >= 0.3 is 0 Å². The molecule has 0 saturated carbocycles. The molecule has 3 N–H and O–H groups in total. The Labute approximate surface area is 120 Å². The Bertz CT molecular complexity index is 609. The highest BCUT2D eigenvalue weighted by Gasteiger charge is 2.11. The van der Waals surface area contributed by atoms with Crippen molar-refractivity contribution in [2.24, 2.45) is 0 Å². The summed E-state index contributed by atoms with van der Waals surface area (Å²) in [5.74, 6) is -0.750. The average Bonchev–Trinajstić information content (AvgIpc) is 2.34. The molecule has 0 spiro atoms. The molecule has 2 rings (SSSR count). The van der Waals surface area contributed by atoms with Crippen LogP contribution in [0.2, 0.25) is 10.0 Å². The number of anilines is 3. The van der Waals surface area contributed by atoms with Gasteiger partial charge in [-0.15, -0.1) is 0 Å². The lowest BCUT2D eigenvalue weighted by atomic mass is 10.3. The highest BCUT2D eigenvalue weighted by atomic mass is 79.9. The summed E-state index contributed by atoms with van der Waals surface area (Å²) in [6, 6.07) is 3.31. The summed E-state index contributed by atoms with van der Waals surface area (Å²) in [6.07, 6.45) is 0.971. The van der Waals surface area contributed by atoms with Crippen LogP contribution < -0.4 is 11.1 Å². The van der Waals surface area contributed by atoms with E-state index in [1.54, 1.807) is 12.1 Å². The number of nitrogens with one attached hydrogen (secondary N) is 1. The van der Waals surface area contributed by atoms with Crippen molar-refractivity contribution in [1.82, 2.24) is 9.97 Å². The Morgan fingerprint density at radius 1 is 1.28 bits per heavy atom. The first-order valence-electron chi connectivity index (χ1n) is 4.67. The standard InChI is InChI=1S/C10H6BrCl2FN4/c11-4-1-2-6(8(13)7(4)12)17-9-5(14)3-16-10(15)18-9/h1-3H,(H3,15,16,17,18). The monoisotopic (exact) mass is 350 g/mol. The predicted molar refractivity (Wildman–Crippen MR) is 73.8 cm³/mol. The van der Waals surface area contributed by atoms with Gasteiger partial charge in [0.05, 0.1) is 21.9 Å². The van der Waals surface area contributed by atoms with Gasteiger partial charge in [-0.25, -0.2) is 9.37 Å². The lowest BCUT2D eigenvalue weighted by Crippen LogP contribution is -2.03. The normalized spacial score (nSPS) is 10.4. The van der Waals surface area contributed by atoms with E-state index in [4.69, 9.17) is 28.9 Å². The molecule has 0 aliphatic rings. The molecule has 0 amide bonds. The van der Waals surface area contributed by atoms with Crippen molar-refractivity contribution in [3.63, 3.8) is 0 Å².